The van der Waals surface area contributed by atoms with Gasteiger partial charge in [-0.05, 0) is 44.2 Å². The molecule has 7 nitrogen and oxygen atoms in total. The van der Waals surface area contributed by atoms with E-state index < -0.39 is 0 Å². The third kappa shape index (κ3) is 4.57. The molecule has 1 aliphatic rings. The predicted octanol–water partition coefficient (Wildman–Crippen LogP) is 3.03. The molecule has 0 radical (unpaired) electrons. The minimum absolute atomic E-state index is 0.0415. The van der Waals surface area contributed by atoms with Gasteiger partial charge < -0.3 is 14.5 Å². The summed E-state index contributed by atoms with van der Waals surface area (Å²) in [6, 6.07) is 13.6. The van der Waals surface area contributed by atoms with Crippen LogP contribution in [0.4, 0.5) is 5.69 Å². The third-order valence-corrected chi connectivity index (χ3v) is 5.17. The molecule has 0 spiro atoms. The Balaban J connectivity index is 1.74. The fourth-order valence-electron chi connectivity index (χ4n) is 3.30. The van der Waals surface area contributed by atoms with Crippen molar-refractivity contribution in [3.8, 4) is 5.75 Å². The van der Waals surface area contributed by atoms with E-state index in [0.29, 0.717) is 22.0 Å². The van der Waals surface area contributed by atoms with E-state index in [9.17, 15) is 14.4 Å². The van der Waals surface area contributed by atoms with Crippen molar-refractivity contribution in [3.05, 3.63) is 59.1 Å². The average molecular weight is 430 g/mol. The van der Waals surface area contributed by atoms with Gasteiger partial charge in [0.25, 0.3) is 5.91 Å². The van der Waals surface area contributed by atoms with Crippen molar-refractivity contribution in [1.82, 2.24) is 9.80 Å². The molecule has 158 valence electrons. The zero-order valence-corrected chi connectivity index (χ0v) is 17.9. The molecule has 0 N–H and O–H groups in total. The first-order valence-electron chi connectivity index (χ1n) is 9.59. The highest BCUT2D eigenvalue weighted by Crippen LogP contribution is 2.24. The summed E-state index contributed by atoms with van der Waals surface area (Å²) in [4.78, 5) is 42.9. The standard InChI is InChI=1S/C22H24ClN3O4/c1-15(2)25(22(29)18-9-4-5-10-19(18)30-3)13-20(27)24-12-21(28)26(14-24)17-8-6-7-16(23)11-17/h4-11,15H,12-14H2,1-3H3. The second-order valence-corrected chi connectivity index (χ2v) is 7.70. The number of nitrogens with zero attached hydrogens (tertiary/aromatic N) is 3. The van der Waals surface area contributed by atoms with Gasteiger partial charge in [0, 0.05) is 16.8 Å². The zero-order valence-electron chi connectivity index (χ0n) is 17.2. The van der Waals surface area contributed by atoms with E-state index in [1.165, 1.54) is 21.8 Å². The first-order chi connectivity index (χ1) is 14.3. The molecule has 1 saturated heterocycles. The maximum absolute atomic E-state index is 13.1. The van der Waals surface area contributed by atoms with E-state index in [2.05, 4.69) is 0 Å². The van der Waals surface area contributed by atoms with Crippen LogP contribution in [0.5, 0.6) is 5.75 Å². The van der Waals surface area contributed by atoms with Crippen molar-refractivity contribution in [1.29, 1.82) is 0 Å². The van der Waals surface area contributed by atoms with Gasteiger partial charge in [0.1, 0.15) is 25.5 Å². The molecule has 0 aliphatic carbocycles. The third-order valence-electron chi connectivity index (χ3n) is 4.94. The van der Waals surface area contributed by atoms with E-state index >= 15 is 0 Å². The van der Waals surface area contributed by atoms with E-state index in [1.54, 1.807) is 48.5 Å². The molecule has 30 heavy (non-hydrogen) atoms. The van der Waals surface area contributed by atoms with Crippen LogP contribution in [0.1, 0.15) is 24.2 Å². The van der Waals surface area contributed by atoms with Gasteiger partial charge in [-0.2, -0.15) is 0 Å². The van der Waals surface area contributed by atoms with Crippen molar-refractivity contribution in [2.75, 3.05) is 31.8 Å². The first-order valence-corrected chi connectivity index (χ1v) is 9.97. The van der Waals surface area contributed by atoms with Crippen LogP contribution in [0, 0.1) is 0 Å². The number of ether oxygens (including phenoxy) is 1. The number of hydrogen-bond donors (Lipinski definition) is 0. The summed E-state index contributed by atoms with van der Waals surface area (Å²) in [5.41, 5.74) is 1.02. The smallest absolute Gasteiger partial charge is 0.258 e. The summed E-state index contributed by atoms with van der Waals surface area (Å²) in [5.74, 6) is -0.348. The number of benzene rings is 2. The van der Waals surface area contributed by atoms with Crippen LogP contribution in [0.15, 0.2) is 48.5 Å². The molecule has 2 aromatic rings. The van der Waals surface area contributed by atoms with Crippen molar-refractivity contribution >= 4 is 35.0 Å². The lowest BCUT2D eigenvalue weighted by Crippen LogP contribution is -2.45. The largest absolute Gasteiger partial charge is 0.496 e. The average Bonchev–Trinajstić information content (AvgIpc) is 3.13. The van der Waals surface area contributed by atoms with Crippen LogP contribution in [-0.2, 0) is 9.59 Å². The first kappa shape index (κ1) is 21.6. The van der Waals surface area contributed by atoms with Crippen LogP contribution < -0.4 is 9.64 Å². The molecule has 1 heterocycles. The number of methoxy groups -OCH3 is 1. The summed E-state index contributed by atoms with van der Waals surface area (Å²) in [5, 5.41) is 0.512. The van der Waals surface area contributed by atoms with Crippen LogP contribution >= 0.6 is 11.6 Å². The van der Waals surface area contributed by atoms with Gasteiger partial charge in [-0.3, -0.25) is 19.3 Å². The highest BCUT2D eigenvalue weighted by Gasteiger charge is 2.34. The molecule has 8 heteroatoms. The minimum Gasteiger partial charge on any atom is -0.496 e. The Morgan fingerprint density at radius 3 is 2.57 bits per heavy atom. The number of amides is 3. The monoisotopic (exact) mass is 429 g/mol. The number of anilines is 1. The lowest BCUT2D eigenvalue weighted by Gasteiger charge is -2.28. The van der Waals surface area contributed by atoms with Crippen LogP contribution in [0.2, 0.25) is 5.02 Å². The van der Waals surface area contributed by atoms with E-state index in [0.717, 1.165) is 0 Å². The molecular formula is C22H24ClN3O4. The van der Waals surface area contributed by atoms with Crippen LogP contribution in [0.25, 0.3) is 0 Å². The fourth-order valence-corrected chi connectivity index (χ4v) is 3.48. The number of carbonyl (C=O) groups excluding carboxylic acids is 3. The lowest BCUT2D eigenvalue weighted by molar-refractivity contribution is -0.132. The summed E-state index contributed by atoms with van der Waals surface area (Å²) >= 11 is 6.02. The number of rotatable bonds is 6. The molecule has 0 saturated carbocycles. The molecule has 0 unspecified atom stereocenters. The maximum atomic E-state index is 13.1. The number of para-hydroxylation sites is 1. The number of hydrogen-bond acceptors (Lipinski definition) is 4. The molecule has 3 amide bonds. The Labute approximate surface area is 180 Å². The van der Waals surface area contributed by atoms with Gasteiger partial charge in [-0.15, -0.1) is 0 Å². The second kappa shape index (κ2) is 9.17. The molecule has 0 aromatic heterocycles. The quantitative estimate of drug-likeness (QED) is 0.707. The molecule has 0 atom stereocenters. The van der Waals surface area contributed by atoms with Crippen LogP contribution in [0.3, 0.4) is 0 Å². The number of halogens is 1. The Morgan fingerprint density at radius 2 is 1.90 bits per heavy atom. The molecule has 3 rings (SSSR count). The van der Waals surface area contributed by atoms with Crippen molar-refractivity contribution in [3.63, 3.8) is 0 Å². The summed E-state index contributed by atoms with van der Waals surface area (Å²) in [6.45, 7) is 3.63. The zero-order chi connectivity index (χ0) is 21.8. The van der Waals surface area contributed by atoms with Crippen molar-refractivity contribution < 1.29 is 19.1 Å². The highest BCUT2D eigenvalue weighted by molar-refractivity contribution is 6.31. The van der Waals surface area contributed by atoms with Gasteiger partial charge >= 0.3 is 0 Å². The normalized spacial score (nSPS) is 13.7. The van der Waals surface area contributed by atoms with Gasteiger partial charge in [-0.1, -0.05) is 29.8 Å². The van der Waals surface area contributed by atoms with Crippen LogP contribution in [-0.4, -0.2) is 60.4 Å². The highest BCUT2D eigenvalue weighted by atomic mass is 35.5. The number of carbonyl (C=O) groups is 3. The van der Waals surface area contributed by atoms with Gasteiger partial charge in [0.05, 0.1) is 12.7 Å². The molecular weight excluding hydrogens is 406 g/mol. The van der Waals surface area contributed by atoms with Gasteiger partial charge in [0.15, 0.2) is 0 Å². The second-order valence-electron chi connectivity index (χ2n) is 7.26. The Morgan fingerprint density at radius 1 is 1.17 bits per heavy atom. The molecule has 1 fully saturated rings. The Hall–Kier alpha value is -3.06. The molecule has 2 aromatic carbocycles. The molecule has 0 bridgehead atoms. The van der Waals surface area contributed by atoms with Gasteiger partial charge in [0.2, 0.25) is 11.8 Å². The molecule has 1 aliphatic heterocycles. The Bertz CT molecular complexity index is 963. The minimum atomic E-state index is -0.301. The lowest BCUT2D eigenvalue weighted by atomic mass is 10.1. The predicted molar refractivity (Wildman–Crippen MR) is 115 cm³/mol. The van der Waals surface area contributed by atoms with E-state index in [1.807, 2.05) is 13.8 Å². The van der Waals surface area contributed by atoms with Crippen molar-refractivity contribution in [2.45, 2.75) is 19.9 Å². The summed E-state index contributed by atoms with van der Waals surface area (Å²) in [7, 11) is 1.50. The SMILES string of the molecule is COc1ccccc1C(=O)N(CC(=O)N1CC(=O)N(c2cccc(Cl)c2)C1)C(C)C. The van der Waals surface area contributed by atoms with E-state index in [-0.39, 0.29) is 43.5 Å². The van der Waals surface area contributed by atoms with Crippen molar-refractivity contribution in [2.24, 2.45) is 0 Å². The topological polar surface area (TPSA) is 70.2 Å². The maximum Gasteiger partial charge on any atom is 0.258 e. The van der Waals surface area contributed by atoms with Gasteiger partial charge in [-0.25, -0.2) is 0 Å². The Kier molecular flexibility index (Phi) is 6.62. The summed E-state index contributed by atoms with van der Waals surface area (Å²) < 4.78 is 5.28. The van der Waals surface area contributed by atoms with E-state index in [4.69, 9.17) is 16.3 Å². The summed E-state index contributed by atoms with van der Waals surface area (Å²) in [6.07, 6.45) is 0. The fraction of sp³-hybridized carbons (Fsp3) is 0.318.